The number of carbonyl (C=O) groups is 1. The van der Waals surface area contributed by atoms with Gasteiger partial charge in [-0.05, 0) is 50.2 Å². The molecule has 0 aliphatic carbocycles. The molecule has 2 rings (SSSR count). The summed E-state index contributed by atoms with van der Waals surface area (Å²) < 4.78 is 0. The van der Waals surface area contributed by atoms with Crippen molar-refractivity contribution in [3.63, 3.8) is 0 Å². The van der Waals surface area contributed by atoms with Crippen LogP contribution in [0.2, 0.25) is 0 Å². The second kappa shape index (κ2) is 8.15. The van der Waals surface area contributed by atoms with Gasteiger partial charge in [0, 0.05) is 24.7 Å². The van der Waals surface area contributed by atoms with E-state index in [2.05, 4.69) is 41.5 Å². The van der Waals surface area contributed by atoms with Crippen molar-refractivity contribution in [1.82, 2.24) is 10.2 Å². The molecule has 1 fully saturated rings. The predicted octanol–water partition coefficient (Wildman–Crippen LogP) is 2.61. The Kier molecular flexibility index (Phi) is 6.21. The Hall–Kier alpha value is -1.39. The first-order valence-corrected chi connectivity index (χ1v) is 8.05. The summed E-state index contributed by atoms with van der Waals surface area (Å²) in [5.41, 5.74) is 2.15. The molecule has 4 nitrogen and oxygen atoms in total. The summed E-state index contributed by atoms with van der Waals surface area (Å²) in [6, 6.07) is 8.53. The highest BCUT2D eigenvalue weighted by Crippen LogP contribution is 2.15. The average molecular weight is 289 g/mol. The molecule has 0 spiro atoms. The molecule has 1 saturated heterocycles. The molecule has 1 unspecified atom stereocenters. The van der Waals surface area contributed by atoms with Crippen LogP contribution in [0.1, 0.15) is 38.7 Å². The van der Waals surface area contributed by atoms with Gasteiger partial charge in [0.2, 0.25) is 5.91 Å². The number of nitrogens with one attached hydrogen (secondary N) is 2. The van der Waals surface area contributed by atoms with E-state index < -0.39 is 0 Å². The summed E-state index contributed by atoms with van der Waals surface area (Å²) in [5.74, 6) is 0.106. The van der Waals surface area contributed by atoms with E-state index in [9.17, 15) is 4.79 Å². The molecule has 2 N–H and O–H groups in total. The third-order valence-electron chi connectivity index (χ3n) is 4.11. The van der Waals surface area contributed by atoms with Crippen LogP contribution in [0, 0.1) is 0 Å². The summed E-state index contributed by atoms with van der Waals surface area (Å²) >= 11 is 0. The highest BCUT2D eigenvalue weighted by molar-refractivity contribution is 5.91. The van der Waals surface area contributed by atoms with Gasteiger partial charge in [-0.1, -0.05) is 26.0 Å². The topological polar surface area (TPSA) is 44.4 Å². The molecule has 0 bridgehead atoms. The van der Waals surface area contributed by atoms with Crippen LogP contribution in [0.15, 0.2) is 24.3 Å². The molecule has 1 aliphatic heterocycles. The molecule has 1 heterocycles. The molecule has 0 saturated carbocycles. The lowest BCUT2D eigenvalue weighted by Crippen LogP contribution is -2.27. The number of hydrogen-bond acceptors (Lipinski definition) is 3. The lowest BCUT2D eigenvalue weighted by Gasteiger charge is -2.18. The minimum atomic E-state index is 0.106. The van der Waals surface area contributed by atoms with Crippen LogP contribution in [0.4, 0.5) is 5.69 Å². The molecule has 21 heavy (non-hydrogen) atoms. The smallest absolute Gasteiger partial charge is 0.225 e. The Balaban J connectivity index is 1.89. The van der Waals surface area contributed by atoms with E-state index in [1.807, 2.05) is 12.1 Å². The number of benzene rings is 1. The maximum atomic E-state index is 12.1. The van der Waals surface area contributed by atoms with Gasteiger partial charge >= 0.3 is 0 Å². The fraction of sp³-hybridized carbons (Fsp3) is 0.588. The molecular formula is C17H27N3O. The van der Waals surface area contributed by atoms with E-state index in [4.69, 9.17) is 0 Å². The number of rotatable bonds is 7. The van der Waals surface area contributed by atoms with Crippen molar-refractivity contribution >= 4 is 11.6 Å². The SMILES string of the molecule is CCN(CC)Cc1cccc(NC(=O)CC2CCCN2)c1. The van der Waals surface area contributed by atoms with Gasteiger partial charge in [0.25, 0.3) is 0 Å². The van der Waals surface area contributed by atoms with Crippen molar-refractivity contribution < 1.29 is 4.79 Å². The second-order valence-corrected chi connectivity index (χ2v) is 5.71. The fourth-order valence-electron chi connectivity index (χ4n) is 2.82. The largest absolute Gasteiger partial charge is 0.326 e. The third-order valence-corrected chi connectivity index (χ3v) is 4.11. The molecule has 1 atom stereocenters. The first-order chi connectivity index (χ1) is 10.2. The number of anilines is 1. The number of carbonyl (C=O) groups excluding carboxylic acids is 1. The number of hydrogen-bond donors (Lipinski definition) is 2. The van der Waals surface area contributed by atoms with Gasteiger partial charge in [0.05, 0.1) is 0 Å². The summed E-state index contributed by atoms with van der Waals surface area (Å²) in [6.07, 6.45) is 2.85. The maximum Gasteiger partial charge on any atom is 0.225 e. The van der Waals surface area contributed by atoms with Crippen molar-refractivity contribution in [3.05, 3.63) is 29.8 Å². The van der Waals surface area contributed by atoms with E-state index >= 15 is 0 Å². The minimum absolute atomic E-state index is 0.106. The molecule has 1 aromatic rings. The summed E-state index contributed by atoms with van der Waals surface area (Å²) in [5, 5.41) is 6.38. The van der Waals surface area contributed by atoms with Gasteiger partial charge in [-0.3, -0.25) is 9.69 Å². The molecule has 1 aliphatic rings. The molecule has 0 aromatic heterocycles. The molecule has 0 radical (unpaired) electrons. The summed E-state index contributed by atoms with van der Waals surface area (Å²) in [4.78, 5) is 14.4. The van der Waals surface area contributed by atoms with Gasteiger partial charge in [0.1, 0.15) is 0 Å². The zero-order valence-corrected chi connectivity index (χ0v) is 13.2. The molecular weight excluding hydrogens is 262 g/mol. The van der Waals surface area contributed by atoms with Crippen molar-refractivity contribution in [2.24, 2.45) is 0 Å². The highest BCUT2D eigenvalue weighted by atomic mass is 16.1. The summed E-state index contributed by atoms with van der Waals surface area (Å²) in [7, 11) is 0. The van der Waals surface area contributed by atoms with E-state index in [-0.39, 0.29) is 5.91 Å². The molecule has 4 heteroatoms. The van der Waals surface area contributed by atoms with Crippen LogP contribution in [0.25, 0.3) is 0 Å². The van der Waals surface area contributed by atoms with Gasteiger partial charge in [-0.25, -0.2) is 0 Å². The lowest BCUT2D eigenvalue weighted by atomic mass is 10.1. The van der Waals surface area contributed by atoms with Crippen LogP contribution in [-0.4, -0.2) is 36.5 Å². The van der Waals surface area contributed by atoms with Crippen LogP contribution < -0.4 is 10.6 Å². The monoisotopic (exact) mass is 289 g/mol. The van der Waals surface area contributed by atoms with Crippen LogP contribution >= 0.6 is 0 Å². The fourth-order valence-corrected chi connectivity index (χ4v) is 2.82. The Morgan fingerprint density at radius 2 is 2.19 bits per heavy atom. The second-order valence-electron chi connectivity index (χ2n) is 5.71. The Morgan fingerprint density at radius 1 is 1.38 bits per heavy atom. The number of amides is 1. The lowest BCUT2D eigenvalue weighted by molar-refractivity contribution is -0.116. The van der Waals surface area contributed by atoms with E-state index in [0.29, 0.717) is 12.5 Å². The Bertz CT molecular complexity index is 451. The Morgan fingerprint density at radius 3 is 2.86 bits per heavy atom. The standard InChI is InChI=1S/C17H27N3O/c1-3-20(4-2)13-14-7-5-8-16(11-14)19-17(21)12-15-9-6-10-18-15/h5,7-8,11,15,18H,3-4,6,9-10,12-13H2,1-2H3,(H,19,21). The average Bonchev–Trinajstić information content (AvgIpc) is 2.97. The van der Waals surface area contributed by atoms with Gasteiger partial charge in [-0.2, -0.15) is 0 Å². The molecule has 1 aromatic carbocycles. The predicted molar refractivity (Wildman–Crippen MR) is 87.3 cm³/mol. The van der Waals surface area contributed by atoms with E-state index in [0.717, 1.165) is 38.3 Å². The van der Waals surface area contributed by atoms with E-state index in [1.165, 1.54) is 12.0 Å². The van der Waals surface area contributed by atoms with Gasteiger partial charge in [0.15, 0.2) is 0 Å². The highest BCUT2D eigenvalue weighted by Gasteiger charge is 2.17. The zero-order valence-electron chi connectivity index (χ0n) is 13.2. The van der Waals surface area contributed by atoms with Crippen LogP contribution in [-0.2, 0) is 11.3 Å². The molecule has 1 amide bonds. The third kappa shape index (κ3) is 5.14. The normalized spacial score (nSPS) is 18.1. The Labute approximate surface area is 127 Å². The van der Waals surface area contributed by atoms with Crippen molar-refractivity contribution in [2.75, 3.05) is 25.0 Å². The van der Waals surface area contributed by atoms with Crippen molar-refractivity contribution in [2.45, 2.75) is 45.7 Å². The van der Waals surface area contributed by atoms with Crippen molar-refractivity contribution in [1.29, 1.82) is 0 Å². The summed E-state index contributed by atoms with van der Waals surface area (Å²) in [6.45, 7) is 8.40. The molecule has 116 valence electrons. The van der Waals surface area contributed by atoms with Crippen LogP contribution in [0.5, 0.6) is 0 Å². The zero-order chi connectivity index (χ0) is 15.1. The minimum Gasteiger partial charge on any atom is -0.326 e. The first-order valence-electron chi connectivity index (χ1n) is 8.05. The van der Waals surface area contributed by atoms with Crippen LogP contribution in [0.3, 0.4) is 0 Å². The maximum absolute atomic E-state index is 12.1. The van der Waals surface area contributed by atoms with Gasteiger partial charge in [-0.15, -0.1) is 0 Å². The van der Waals surface area contributed by atoms with Crippen molar-refractivity contribution in [3.8, 4) is 0 Å². The van der Waals surface area contributed by atoms with Gasteiger partial charge < -0.3 is 10.6 Å². The van der Waals surface area contributed by atoms with E-state index in [1.54, 1.807) is 0 Å². The number of nitrogens with zero attached hydrogens (tertiary/aromatic N) is 1. The quantitative estimate of drug-likeness (QED) is 0.811. The first kappa shape index (κ1) is 16.0.